The summed E-state index contributed by atoms with van der Waals surface area (Å²) >= 11 is 0. The molecular weight excluding hydrogens is 284 g/mol. The predicted molar refractivity (Wildman–Crippen MR) is 82.4 cm³/mol. The van der Waals surface area contributed by atoms with Crippen LogP contribution in [0.5, 0.6) is 5.75 Å². The van der Waals surface area contributed by atoms with Crippen molar-refractivity contribution in [3.63, 3.8) is 0 Å². The summed E-state index contributed by atoms with van der Waals surface area (Å²) in [5, 5.41) is 18.2. The third kappa shape index (κ3) is 6.10. The summed E-state index contributed by atoms with van der Waals surface area (Å²) in [6.45, 7) is 1.88. The largest absolute Gasteiger partial charge is 0.508 e. The van der Waals surface area contributed by atoms with Crippen LogP contribution in [0.15, 0.2) is 35.9 Å². The average Bonchev–Trinajstić information content (AvgIpc) is 2.50. The number of hydrogen-bond donors (Lipinski definition) is 2. The van der Waals surface area contributed by atoms with Gasteiger partial charge in [-0.1, -0.05) is 18.2 Å². The zero-order valence-corrected chi connectivity index (χ0v) is 12.7. The molecule has 0 saturated heterocycles. The van der Waals surface area contributed by atoms with Gasteiger partial charge in [0.05, 0.1) is 13.0 Å². The van der Waals surface area contributed by atoms with Gasteiger partial charge < -0.3 is 14.9 Å². The van der Waals surface area contributed by atoms with Crippen molar-refractivity contribution in [3.8, 4) is 5.75 Å². The molecule has 1 rings (SSSR count). The number of rotatable bonds is 9. The van der Waals surface area contributed by atoms with E-state index >= 15 is 0 Å². The van der Waals surface area contributed by atoms with Crippen LogP contribution in [0, 0.1) is 5.92 Å². The molecule has 0 unspecified atom stereocenters. The van der Waals surface area contributed by atoms with E-state index in [1.165, 1.54) is 0 Å². The van der Waals surface area contributed by atoms with Gasteiger partial charge in [0.2, 0.25) is 0 Å². The number of phenols is 1. The van der Waals surface area contributed by atoms with Crippen LogP contribution in [0.4, 0.5) is 0 Å². The topological polar surface area (TPSA) is 83.8 Å². The molecule has 120 valence electrons. The summed E-state index contributed by atoms with van der Waals surface area (Å²) < 4.78 is 5.17. The first-order chi connectivity index (χ1) is 10.6. The maximum Gasteiger partial charge on any atom is 0.306 e. The number of carbonyl (C=O) groups is 2. The fraction of sp³-hybridized carbons (Fsp3) is 0.412. The second-order valence-electron chi connectivity index (χ2n) is 4.96. The van der Waals surface area contributed by atoms with Gasteiger partial charge in [-0.2, -0.15) is 0 Å². The van der Waals surface area contributed by atoms with Crippen LogP contribution in [-0.4, -0.2) is 35.7 Å². The molecule has 0 aliphatic heterocycles. The van der Waals surface area contributed by atoms with Crippen LogP contribution in [0.1, 0.15) is 25.3 Å². The summed E-state index contributed by atoms with van der Waals surface area (Å²) in [6, 6.07) is 6.69. The molecule has 0 amide bonds. The molecule has 0 fully saturated rings. The molecule has 0 aliphatic rings. The van der Waals surface area contributed by atoms with Gasteiger partial charge in [-0.05, 0) is 42.5 Å². The van der Waals surface area contributed by atoms with Crippen molar-refractivity contribution in [3.05, 3.63) is 41.5 Å². The summed E-state index contributed by atoms with van der Waals surface area (Å²) in [7, 11) is 0. The minimum absolute atomic E-state index is 0.0779. The Morgan fingerprint density at radius 2 is 2.00 bits per heavy atom. The summed E-state index contributed by atoms with van der Waals surface area (Å²) in [6.07, 6.45) is 3.35. The normalized spacial score (nSPS) is 12.7. The highest BCUT2D eigenvalue weighted by atomic mass is 16.5. The smallest absolute Gasteiger partial charge is 0.306 e. The molecule has 1 aromatic carbocycles. The van der Waals surface area contributed by atoms with Crippen molar-refractivity contribution < 1.29 is 24.5 Å². The number of benzene rings is 1. The molecule has 22 heavy (non-hydrogen) atoms. The number of aldehydes is 1. The Kier molecular flexibility index (Phi) is 7.92. The molecule has 2 N–H and O–H groups in total. The van der Waals surface area contributed by atoms with E-state index in [4.69, 9.17) is 9.84 Å². The number of aliphatic hydroxyl groups excluding tert-OH is 1. The van der Waals surface area contributed by atoms with E-state index < -0.39 is 5.97 Å². The SMILES string of the molecule is CC=C(C=O)[C@@H](CCO)CC(=O)OCCc1ccc(O)cc1. The highest BCUT2D eigenvalue weighted by Crippen LogP contribution is 2.18. The van der Waals surface area contributed by atoms with Gasteiger partial charge in [0.25, 0.3) is 0 Å². The molecule has 0 saturated carbocycles. The monoisotopic (exact) mass is 306 g/mol. The van der Waals surface area contributed by atoms with Crippen molar-refractivity contribution in [1.82, 2.24) is 0 Å². The van der Waals surface area contributed by atoms with Crippen molar-refractivity contribution in [2.24, 2.45) is 5.92 Å². The lowest BCUT2D eigenvalue weighted by Gasteiger charge is -2.15. The number of carbonyl (C=O) groups excluding carboxylic acids is 2. The number of allylic oxidation sites excluding steroid dienone is 2. The molecule has 1 aromatic rings. The quantitative estimate of drug-likeness (QED) is 0.414. The number of aromatic hydroxyl groups is 1. The molecule has 5 heteroatoms. The summed E-state index contributed by atoms with van der Waals surface area (Å²) in [5.41, 5.74) is 1.46. The van der Waals surface area contributed by atoms with Crippen LogP contribution >= 0.6 is 0 Å². The van der Waals surface area contributed by atoms with E-state index in [1.807, 2.05) is 0 Å². The van der Waals surface area contributed by atoms with Crippen LogP contribution in [0.25, 0.3) is 0 Å². The highest BCUT2D eigenvalue weighted by molar-refractivity contribution is 5.77. The molecule has 0 spiro atoms. The number of ether oxygens (including phenoxy) is 1. The molecule has 0 radical (unpaired) electrons. The second kappa shape index (κ2) is 9.73. The first kappa shape index (κ1) is 17.9. The van der Waals surface area contributed by atoms with Crippen LogP contribution in [0.2, 0.25) is 0 Å². The lowest BCUT2D eigenvalue weighted by Crippen LogP contribution is -2.16. The van der Waals surface area contributed by atoms with Crippen LogP contribution in [0.3, 0.4) is 0 Å². The van der Waals surface area contributed by atoms with Crippen LogP contribution < -0.4 is 0 Å². The molecule has 0 aliphatic carbocycles. The van der Waals surface area contributed by atoms with E-state index in [9.17, 15) is 14.7 Å². The number of phenolic OH excluding ortho intramolecular Hbond substituents is 1. The fourth-order valence-electron chi connectivity index (χ4n) is 2.15. The summed E-state index contributed by atoms with van der Waals surface area (Å²) in [4.78, 5) is 22.8. The average molecular weight is 306 g/mol. The third-order valence-corrected chi connectivity index (χ3v) is 3.42. The Hall–Kier alpha value is -2.14. The zero-order valence-electron chi connectivity index (χ0n) is 12.7. The Morgan fingerprint density at radius 3 is 2.55 bits per heavy atom. The molecular formula is C17H22O5. The predicted octanol–water partition coefficient (Wildman–Crippen LogP) is 2.01. The Labute approximate surface area is 130 Å². The van der Waals surface area contributed by atoms with E-state index in [1.54, 1.807) is 37.3 Å². The molecule has 0 heterocycles. The minimum Gasteiger partial charge on any atom is -0.508 e. The lowest BCUT2D eigenvalue weighted by atomic mass is 9.93. The maximum atomic E-state index is 11.8. The van der Waals surface area contributed by atoms with Crippen molar-refractivity contribution in [1.29, 1.82) is 0 Å². The molecule has 0 aromatic heterocycles. The van der Waals surface area contributed by atoms with Gasteiger partial charge >= 0.3 is 5.97 Å². The number of esters is 1. The van der Waals surface area contributed by atoms with Crippen molar-refractivity contribution >= 4 is 12.3 Å². The maximum absolute atomic E-state index is 11.8. The van der Waals surface area contributed by atoms with Gasteiger partial charge in [-0.3, -0.25) is 9.59 Å². The van der Waals surface area contributed by atoms with Crippen molar-refractivity contribution in [2.45, 2.75) is 26.2 Å². The van der Waals surface area contributed by atoms with E-state index in [2.05, 4.69) is 0 Å². The van der Waals surface area contributed by atoms with Gasteiger partial charge in [-0.15, -0.1) is 0 Å². The van der Waals surface area contributed by atoms with E-state index in [0.717, 1.165) is 5.56 Å². The van der Waals surface area contributed by atoms with E-state index in [-0.39, 0.29) is 31.3 Å². The highest BCUT2D eigenvalue weighted by Gasteiger charge is 2.18. The Balaban J connectivity index is 2.43. The minimum atomic E-state index is -0.390. The standard InChI is InChI=1S/C17H22O5/c1-2-14(12-19)15(7-9-18)11-17(21)22-10-8-13-3-5-16(20)6-4-13/h2-6,12,15,18,20H,7-11H2,1H3/t15-/m0/s1. The molecule has 0 bridgehead atoms. The first-order valence-corrected chi connectivity index (χ1v) is 7.26. The zero-order chi connectivity index (χ0) is 16.4. The third-order valence-electron chi connectivity index (χ3n) is 3.42. The lowest BCUT2D eigenvalue weighted by molar-refractivity contribution is -0.144. The van der Waals surface area contributed by atoms with Gasteiger partial charge in [0, 0.05) is 13.0 Å². The number of hydrogen-bond acceptors (Lipinski definition) is 5. The van der Waals surface area contributed by atoms with Crippen molar-refractivity contribution in [2.75, 3.05) is 13.2 Å². The van der Waals surface area contributed by atoms with Crippen LogP contribution in [-0.2, 0) is 20.7 Å². The molecule has 1 atom stereocenters. The summed E-state index contributed by atoms with van der Waals surface area (Å²) in [5.74, 6) is -0.507. The van der Waals surface area contributed by atoms with Gasteiger partial charge in [0.1, 0.15) is 12.0 Å². The fourth-order valence-corrected chi connectivity index (χ4v) is 2.15. The Morgan fingerprint density at radius 1 is 1.32 bits per heavy atom. The number of aliphatic hydroxyl groups is 1. The van der Waals surface area contributed by atoms with Gasteiger partial charge in [0.15, 0.2) is 0 Å². The second-order valence-corrected chi connectivity index (χ2v) is 4.96. The first-order valence-electron chi connectivity index (χ1n) is 7.26. The molecule has 5 nitrogen and oxygen atoms in total. The Bertz CT molecular complexity index is 504. The van der Waals surface area contributed by atoms with Gasteiger partial charge in [-0.25, -0.2) is 0 Å². The van der Waals surface area contributed by atoms with E-state index in [0.29, 0.717) is 24.7 Å².